The van der Waals surface area contributed by atoms with Gasteiger partial charge in [-0.3, -0.25) is 4.90 Å². The van der Waals surface area contributed by atoms with Crippen LogP contribution in [0.15, 0.2) is 6.20 Å². The van der Waals surface area contributed by atoms with E-state index in [1.165, 1.54) is 5.56 Å². The minimum Gasteiger partial charge on any atom is -0.379 e. The standard InChI is InChI=1S/C20H31N7O/c1-4-17-15(2)12-21-20(22-17)27-7-5-6-16(13-27)19-24-23-18(25(19)3)14-26-8-10-28-11-9-26/h12,16H,4-11,13-14H2,1-3H3. The van der Waals surface area contributed by atoms with Gasteiger partial charge in [-0.05, 0) is 31.7 Å². The van der Waals surface area contributed by atoms with Crippen molar-refractivity contribution >= 4 is 5.95 Å². The molecule has 0 amide bonds. The van der Waals surface area contributed by atoms with Gasteiger partial charge in [0, 0.05) is 51.0 Å². The molecular formula is C20H31N7O. The van der Waals surface area contributed by atoms with E-state index in [1.54, 1.807) is 0 Å². The average Bonchev–Trinajstić information content (AvgIpc) is 3.09. The normalized spacial score (nSPS) is 21.2. The second-order valence-corrected chi connectivity index (χ2v) is 7.86. The van der Waals surface area contributed by atoms with Crippen LogP contribution in [-0.4, -0.2) is 69.0 Å². The maximum Gasteiger partial charge on any atom is 0.225 e. The third-order valence-electron chi connectivity index (χ3n) is 5.94. The van der Waals surface area contributed by atoms with E-state index in [4.69, 9.17) is 9.72 Å². The van der Waals surface area contributed by atoms with Crippen LogP contribution in [0.4, 0.5) is 5.95 Å². The first-order valence-corrected chi connectivity index (χ1v) is 10.4. The molecule has 0 spiro atoms. The highest BCUT2D eigenvalue weighted by Crippen LogP contribution is 2.28. The Hall–Kier alpha value is -2.06. The Morgan fingerprint density at radius 2 is 2.00 bits per heavy atom. The second kappa shape index (κ2) is 8.53. The highest BCUT2D eigenvalue weighted by Gasteiger charge is 2.28. The summed E-state index contributed by atoms with van der Waals surface area (Å²) in [4.78, 5) is 14.1. The number of piperidine rings is 1. The molecule has 28 heavy (non-hydrogen) atoms. The summed E-state index contributed by atoms with van der Waals surface area (Å²) in [6.45, 7) is 10.5. The molecule has 2 aromatic heterocycles. The summed E-state index contributed by atoms with van der Waals surface area (Å²) >= 11 is 0. The van der Waals surface area contributed by atoms with E-state index in [9.17, 15) is 0 Å². The number of nitrogens with zero attached hydrogens (tertiary/aromatic N) is 7. The minimum atomic E-state index is 0.361. The number of ether oxygens (including phenoxy) is 1. The summed E-state index contributed by atoms with van der Waals surface area (Å²) in [5.41, 5.74) is 2.31. The van der Waals surface area contributed by atoms with Gasteiger partial charge in [0.1, 0.15) is 11.6 Å². The monoisotopic (exact) mass is 385 g/mol. The fourth-order valence-corrected chi connectivity index (χ4v) is 4.17. The molecule has 2 aromatic rings. The SMILES string of the molecule is CCc1nc(N2CCCC(c3nnc(CN4CCOCC4)n3C)C2)ncc1C. The number of hydrogen-bond acceptors (Lipinski definition) is 7. The molecule has 8 nitrogen and oxygen atoms in total. The Morgan fingerprint density at radius 1 is 1.18 bits per heavy atom. The van der Waals surface area contributed by atoms with E-state index in [0.29, 0.717) is 5.92 Å². The van der Waals surface area contributed by atoms with Crippen molar-refractivity contribution < 1.29 is 4.74 Å². The first-order chi connectivity index (χ1) is 13.7. The zero-order valence-electron chi connectivity index (χ0n) is 17.3. The van der Waals surface area contributed by atoms with E-state index in [1.807, 2.05) is 6.20 Å². The number of aryl methyl sites for hydroxylation is 2. The molecule has 1 unspecified atom stereocenters. The van der Waals surface area contributed by atoms with Crippen molar-refractivity contribution in [2.24, 2.45) is 7.05 Å². The van der Waals surface area contributed by atoms with E-state index < -0.39 is 0 Å². The molecule has 4 rings (SSSR count). The first-order valence-electron chi connectivity index (χ1n) is 10.4. The lowest BCUT2D eigenvalue weighted by Gasteiger charge is -2.32. The van der Waals surface area contributed by atoms with Crippen LogP contribution < -0.4 is 4.90 Å². The second-order valence-electron chi connectivity index (χ2n) is 7.86. The summed E-state index contributed by atoms with van der Waals surface area (Å²) in [7, 11) is 2.10. The molecule has 2 aliphatic rings. The Bertz CT molecular complexity index is 800. The highest BCUT2D eigenvalue weighted by atomic mass is 16.5. The van der Waals surface area contributed by atoms with Gasteiger partial charge in [-0.25, -0.2) is 9.97 Å². The Kier molecular flexibility index (Phi) is 5.87. The molecule has 2 aliphatic heterocycles. The third kappa shape index (κ3) is 4.03. The smallest absolute Gasteiger partial charge is 0.225 e. The Morgan fingerprint density at radius 3 is 2.79 bits per heavy atom. The van der Waals surface area contributed by atoms with Crippen LogP contribution >= 0.6 is 0 Å². The largest absolute Gasteiger partial charge is 0.379 e. The van der Waals surface area contributed by atoms with Gasteiger partial charge in [-0.15, -0.1) is 10.2 Å². The molecule has 1 atom stereocenters. The van der Waals surface area contributed by atoms with E-state index in [-0.39, 0.29) is 0 Å². The maximum atomic E-state index is 5.44. The fourth-order valence-electron chi connectivity index (χ4n) is 4.17. The van der Waals surface area contributed by atoms with Gasteiger partial charge in [-0.1, -0.05) is 6.92 Å². The number of morpholine rings is 1. The third-order valence-corrected chi connectivity index (χ3v) is 5.94. The molecule has 0 radical (unpaired) electrons. The highest BCUT2D eigenvalue weighted by molar-refractivity contribution is 5.34. The molecule has 152 valence electrons. The van der Waals surface area contributed by atoms with Crippen molar-refractivity contribution in [3.05, 3.63) is 29.1 Å². The van der Waals surface area contributed by atoms with Crippen LogP contribution in [0.3, 0.4) is 0 Å². The summed E-state index contributed by atoms with van der Waals surface area (Å²) in [6.07, 6.45) is 5.14. The quantitative estimate of drug-likeness (QED) is 0.775. The van der Waals surface area contributed by atoms with Gasteiger partial charge >= 0.3 is 0 Å². The zero-order chi connectivity index (χ0) is 19.5. The lowest BCUT2D eigenvalue weighted by Crippen LogP contribution is -2.37. The van der Waals surface area contributed by atoms with Crippen LogP contribution in [0.5, 0.6) is 0 Å². The topological polar surface area (TPSA) is 72.2 Å². The van der Waals surface area contributed by atoms with Crippen molar-refractivity contribution in [3.63, 3.8) is 0 Å². The molecule has 2 saturated heterocycles. The van der Waals surface area contributed by atoms with Crippen molar-refractivity contribution in [2.45, 2.75) is 45.6 Å². The van der Waals surface area contributed by atoms with Crippen LogP contribution in [0.25, 0.3) is 0 Å². The van der Waals surface area contributed by atoms with Crippen molar-refractivity contribution in [1.29, 1.82) is 0 Å². The number of anilines is 1. The minimum absolute atomic E-state index is 0.361. The van der Waals surface area contributed by atoms with Crippen LogP contribution in [0.2, 0.25) is 0 Å². The predicted molar refractivity (Wildman–Crippen MR) is 107 cm³/mol. The average molecular weight is 386 g/mol. The number of aromatic nitrogens is 5. The first kappa shape index (κ1) is 19.3. The van der Waals surface area contributed by atoms with Gasteiger partial charge in [0.2, 0.25) is 5.95 Å². The van der Waals surface area contributed by atoms with Gasteiger partial charge < -0.3 is 14.2 Å². The summed E-state index contributed by atoms with van der Waals surface area (Å²) in [6, 6.07) is 0. The van der Waals surface area contributed by atoms with Gasteiger partial charge in [0.05, 0.1) is 19.8 Å². The van der Waals surface area contributed by atoms with E-state index in [2.05, 4.69) is 50.4 Å². The van der Waals surface area contributed by atoms with E-state index >= 15 is 0 Å². The van der Waals surface area contributed by atoms with Gasteiger partial charge in [-0.2, -0.15) is 0 Å². The van der Waals surface area contributed by atoms with Gasteiger partial charge in [0.25, 0.3) is 0 Å². The van der Waals surface area contributed by atoms with Crippen LogP contribution in [0.1, 0.15) is 48.6 Å². The molecule has 4 heterocycles. The lowest BCUT2D eigenvalue weighted by molar-refractivity contribution is 0.0326. The summed E-state index contributed by atoms with van der Waals surface area (Å²) in [5.74, 6) is 3.33. The molecule has 0 aliphatic carbocycles. The molecule has 2 fully saturated rings. The number of rotatable bonds is 5. The zero-order valence-corrected chi connectivity index (χ0v) is 17.3. The lowest BCUT2D eigenvalue weighted by atomic mass is 9.97. The van der Waals surface area contributed by atoms with Crippen molar-refractivity contribution in [3.8, 4) is 0 Å². The summed E-state index contributed by atoms with van der Waals surface area (Å²) < 4.78 is 7.64. The van der Waals surface area contributed by atoms with Crippen molar-refractivity contribution in [2.75, 3.05) is 44.3 Å². The van der Waals surface area contributed by atoms with Crippen molar-refractivity contribution in [1.82, 2.24) is 29.6 Å². The molecular weight excluding hydrogens is 354 g/mol. The van der Waals surface area contributed by atoms with Crippen LogP contribution in [-0.2, 0) is 24.8 Å². The Balaban J connectivity index is 1.47. The number of hydrogen-bond donors (Lipinski definition) is 0. The van der Waals surface area contributed by atoms with Crippen LogP contribution in [0, 0.1) is 6.92 Å². The fraction of sp³-hybridized carbons (Fsp3) is 0.700. The maximum absolute atomic E-state index is 5.44. The molecule has 0 N–H and O–H groups in total. The van der Waals surface area contributed by atoms with E-state index in [0.717, 1.165) is 88.5 Å². The molecule has 0 saturated carbocycles. The molecule has 0 bridgehead atoms. The summed E-state index contributed by atoms with van der Waals surface area (Å²) in [5, 5.41) is 9.07. The Labute approximate surface area is 166 Å². The van der Waals surface area contributed by atoms with Gasteiger partial charge in [0.15, 0.2) is 0 Å². The predicted octanol–water partition coefficient (Wildman–Crippen LogP) is 1.69. The molecule has 8 heteroatoms. The molecule has 0 aromatic carbocycles.